The summed E-state index contributed by atoms with van der Waals surface area (Å²) >= 11 is 0. The molecule has 0 radical (unpaired) electrons. The van der Waals surface area contributed by atoms with Gasteiger partial charge in [-0.2, -0.15) is 0 Å². The molecule has 11 heteroatoms. The molecule has 194 valence electrons. The fourth-order valence-corrected chi connectivity index (χ4v) is 3.36. The highest BCUT2D eigenvalue weighted by Gasteiger charge is 2.32. The quantitative estimate of drug-likeness (QED) is 0.213. The Labute approximate surface area is 204 Å². The Morgan fingerprint density at radius 1 is 0.829 bits per heavy atom. The first-order valence-corrected chi connectivity index (χ1v) is 11.5. The third-order valence-electron chi connectivity index (χ3n) is 5.22. The molecule has 3 amide bonds. The zero-order chi connectivity index (χ0) is 26.7. The zero-order valence-corrected chi connectivity index (χ0v) is 20.5. The molecule has 0 heterocycles. The van der Waals surface area contributed by atoms with Crippen LogP contribution < -0.4 is 21.7 Å². The van der Waals surface area contributed by atoms with Gasteiger partial charge in [0, 0.05) is 6.42 Å². The average Bonchev–Trinajstić information content (AvgIpc) is 2.75. The lowest BCUT2D eigenvalue weighted by Gasteiger charge is -2.27. The van der Waals surface area contributed by atoms with Crippen molar-refractivity contribution in [3.63, 3.8) is 0 Å². The summed E-state index contributed by atoms with van der Waals surface area (Å²) in [5.74, 6) is -5.00. The van der Waals surface area contributed by atoms with Gasteiger partial charge in [0.2, 0.25) is 17.7 Å². The summed E-state index contributed by atoms with van der Waals surface area (Å²) in [4.78, 5) is 61.0. The molecule has 0 spiro atoms. The van der Waals surface area contributed by atoms with E-state index < -0.39 is 60.2 Å². The van der Waals surface area contributed by atoms with E-state index in [1.165, 1.54) is 0 Å². The highest BCUT2D eigenvalue weighted by molar-refractivity contribution is 5.94. The summed E-state index contributed by atoms with van der Waals surface area (Å²) < 4.78 is 0. The van der Waals surface area contributed by atoms with Crippen LogP contribution in [-0.2, 0) is 30.4 Å². The summed E-state index contributed by atoms with van der Waals surface area (Å²) in [6.07, 6.45) is -0.319. The largest absolute Gasteiger partial charge is 0.481 e. The van der Waals surface area contributed by atoms with Gasteiger partial charge in [-0.1, -0.05) is 58.0 Å². The van der Waals surface area contributed by atoms with Gasteiger partial charge in [-0.3, -0.25) is 19.2 Å². The molecule has 1 aromatic carbocycles. The average molecular weight is 493 g/mol. The Hall–Kier alpha value is -3.47. The van der Waals surface area contributed by atoms with Gasteiger partial charge in [-0.15, -0.1) is 0 Å². The van der Waals surface area contributed by atoms with Crippen LogP contribution in [0.15, 0.2) is 30.3 Å². The van der Waals surface area contributed by atoms with Gasteiger partial charge < -0.3 is 31.9 Å². The number of amides is 3. The molecule has 7 N–H and O–H groups in total. The first kappa shape index (κ1) is 29.6. The van der Waals surface area contributed by atoms with Crippen LogP contribution >= 0.6 is 0 Å². The Morgan fingerprint density at radius 3 is 1.86 bits per heavy atom. The second-order valence-electron chi connectivity index (χ2n) is 9.21. The molecule has 0 saturated heterocycles. The Morgan fingerprint density at radius 2 is 1.37 bits per heavy atom. The normalized spacial score (nSPS) is 14.5. The third-order valence-corrected chi connectivity index (χ3v) is 5.22. The van der Waals surface area contributed by atoms with Crippen molar-refractivity contribution in [2.24, 2.45) is 17.6 Å². The molecule has 11 nitrogen and oxygen atoms in total. The first-order chi connectivity index (χ1) is 16.3. The molecule has 0 fully saturated rings. The van der Waals surface area contributed by atoms with Crippen molar-refractivity contribution in [3.05, 3.63) is 35.9 Å². The van der Waals surface area contributed by atoms with Gasteiger partial charge in [-0.05, 0) is 23.8 Å². The second kappa shape index (κ2) is 14.1. The molecule has 1 aromatic rings. The van der Waals surface area contributed by atoms with E-state index in [-0.39, 0.29) is 24.7 Å². The van der Waals surface area contributed by atoms with E-state index in [1.54, 1.807) is 44.2 Å². The van der Waals surface area contributed by atoms with Crippen LogP contribution in [0, 0.1) is 11.8 Å². The van der Waals surface area contributed by atoms with Gasteiger partial charge in [0.15, 0.2) is 0 Å². The Balaban J connectivity index is 3.11. The third kappa shape index (κ3) is 10.6. The van der Waals surface area contributed by atoms with Crippen LogP contribution in [-0.4, -0.2) is 64.0 Å². The lowest BCUT2D eigenvalue weighted by atomic mass is 9.99. The summed E-state index contributed by atoms with van der Waals surface area (Å²) in [5.41, 5.74) is 6.36. The van der Waals surface area contributed by atoms with Crippen LogP contribution in [0.4, 0.5) is 0 Å². The van der Waals surface area contributed by atoms with Crippen molar-refractivity contribution in [2.75, 3.05) is 0 Å². The predicted octanol–water partition coefficient (Wildman–Crippen LogP) is 0.272. The van der Waals surface area contributed by atoms with Crippen LogP contribution in [0.5, 0.6) is 0 Å². The molecule has 1 rings (SSSR count). The Kier molecular flexibility index (Phi) is 11.9. The van der Waals surface area contributed by atoms with E-state index in [2.05, 4.69) is 16.0 Å². The lowest BCUT2D eigenvalue weighted by Crippen LogP contribution is -2.58. The highest BCUT2D eigenvalue weighted by Crippen LogP contribution is 2.10. The van der Waals surface area contributed by atoms with Crippen LogP contribution in [0.2, 0.25) is 0 Å². The van der Waals surface area contributed by atoms with E-state index in [0.29, 0.717) is 0 Å². The fourth-order valence-electron chi connectivity index (χ4n) is 3.36. The Bertz CT molecular complexity index is 889. The molecule has 0 aliphatic carbocycles. The maximum absolute atomic E-state index is 13.2. The molecule has 35 heavy (non-hydrogen) atoms. The van der Waals surface area contributed by atoms with Crippen molar-refractivity contribution >= 4 is 29.7 Å². The molecule has 0 bridgehead atoms. The van der Waals surface area contributed by atoms with Gasteiger partial charge >= 0.3 is 11.9 Å². The zero-order valence-electron chi connectivity index (χ0n) is 20.5. The molecular formula is C24H36N4O7. The summed E-state index contributed by atoms with van der Waals surface area (Å²) in [5, 5.41) is 25.9. The number of aliphatic carboxylic acids is 2. The number of carboxylic acids is 2. The smallest absolute Gasteiger partial charge is 0.326 e. The van der Waals surface area contributed by atoms with Crippen molar-refractivity contribution in [1.82, 2.24) is 16.0 Å². The van der Waals surface area contributed by atoms with Gasteiger partial charge in [0.1, 0.15) is 18.1 Å². The van der Waals surface area contributed by atoms with Crippen LogP contribution in [0.25, 0.3) is 0 Å². The minimum Gasteiger partial charge on any atom is -0.481 e. The lowest BCUT2D eigenvalue weighted by molar-refractivity contribution is -0.143. The van der Waals surface area contributed by atoms with Crippen molar-refractivity contribution < 1.29 is 34.2 Å². The molecule has 0 aliphatic heterocycles. The monoisotopic (exact) mass is 492 g/mol. The topological polar surface area (TPSA) is 188 Å². The second-order valence-corrected chi connectivity index (χ2v) is 9.21. The molecule has 4 atom stereocenters. The van der Waals surface area contributed by atoms with Crippen LogP contribution in [0.3, 0.4) is 0 Å². The molecule has 0 aliphatic rings. The van der Waals surface area contributed by atoms with Crippen molar-refractivity contribution in [1.29, 1.82) is 0 Å². The number of hydrogen-bond acceptors (Lipinski definition) is 6. The molecular weight excluding hydrogens is 456 g/mol. The summed E-state index contributed by atoms with van der Waals surface area (Å²) in [7, 11) is 0. The van der Waals surface area contributed by atoms with Crippen LogP contribution in [0.1, 0.15) is 46.1 Å². The molecule has 0 saturated carbocycles. The number of rotatable bonds is 14. The number of nitrogens with one attached hydrogen (secondary N) is 3. The number of nitrogens with two attached hydrogens (primary N) is 1. The standard InChI is InChI=1S/C24H36N4O7/c1-13(2)10-17(23(33)28-20(14(3)4)24(34)35)27-22(32)18(11-15-8-6-5-7-9-15)26-21(31)16(25)12-19(29)30/h5-9,13-14,16-18,20H,10-12,25H2,1-4H3,(H,26,31)(H,27,32)(H,28,33)(H,29,30)(H,34,35). The van der Waals surface area contributed by atoms with Gasteiger partial charge in [-0.25, -0.2) is 4.79 Å². The highest BCUT2D eigenvalue weighted by atomic mass is 16.4. The minimum absolute atomic E-state index is 0.0143. The number of carbonyl (C=O) groups is 5. The summed E-state index contributed by atoms with van der Waals surface area (Å²) in [6, 6.07) is 4.11. The van der Waals surface area contributed by atoms with E-state index in [0.717, 1.165) is 5.56 Å². The van der Waals surface area contributed by atoms with Gasteiger partial charge in [0.05, 0.1) is 12.5 Å². The number of benzene rings is 1. The SMILES string of the molecule is CC(C)CC(NC(=O)C(Cc1ccccc1)NC(=O)C(N)CC(=O)O)C(=O)NC(C(=O)O)C(C)C. The van der Waals surface area contributed by atoms with E-state index >= 15 is 0 Å². The van der Waals surface area contributed by atoms with E-state index in [9.17, 15) is 29.1 Å². The fraction of sp³-hybridized carbons (Fsp3) is 0.542. The molecule has 0 aromatic heterocycles. The number of carbonyl (C=O) groups excluding carboxylic acids is 3. The number of carboxylic acid groups (broad SMARTS) is 2. The minimum atomic E-state index is -1.37. The molecule has 4 unspecified atom stereocenters. The first-order valence-electron chi connectivity index (χ1n) is 11.5. The van der Waals surface area contributed by atoms with Crippen molar-refractivity contribution in [2.45, 2.75) is 71.1 Å². The predicted molar refractivity (Wildman–Crippen MR) is 128 cm³/mol. The summed E-state index contributed by atoms with van der Waals surface area (Å²) in [6.45, 7) is 7.00. The van der Waals surface area contributed by atoms with Crippen molar-refractivity contribution in [3.8, 4) is 0 Å². The maximum Gasteiger partial charge on any atom is 0.326 e. The maximum atomic E-state index is 13.2. The number of hydrogen-bond donors (Lipinski definition) is 6. The van der Waals surface area contributed by atoms with E-state index in [1.807, 2.05) is 13.8 Å². The van der Waals surface area contributed by atoms with Gasteiger partial charge in [0.25, 0.3) is 0 Å². The van der Waals surface area contributed by atoms with E-state index in [4.69, 9.17) is 10.8 Å².